The first-order chi connectivity index (χ1) is 9.26. The van der Waals surface area contributed by atoms with E-state index in [0.29, 0.717) is 17.1 Å². The van der Waals surface area contributed by atoms with Crippen molar-refractivity contribution in [2.24, 2.45) is 0 Å². The summed E-state index contributed by atoms with van der Waals surface area (Å²) in [6.45, 7) is 3.35. The van der Waals surface area contributed by atoms with Crippen LogP contribution in [0, 0.1) is 0 Å². The molecule has 0 spiro atoms. The van der Waals surface area contributed by atoms with Crippen LogP contribution in [-0.4, -0.2) is 51.2 Å². The quantitative estimate of drug-likeness (QED) is 0.889. The lowest BCUT2D eigenvalue weighted by atomic mass is 10.1. The van der Waals surface area contributed by atoms with Gasteiger partial charge in [0.05, 0.1) is 14.2 Å². The Hall–Kier alpha value is -1.75. The van der Waals surface area contributed by atoms with Gasteiger partial charge in [-0.15, -0.1) is 0 Å². The van der Waals surface area contributed by atoms with Gasteiger partial charge in [0, 0.05) is 25.2 Å². The zero-order valence-electron chi connectivity index (χ0n) is 11.4. The van der Waals surface area contributed by atoms with Gasteiger partial charge in [0.25, 0.3) is 5.91 Å². The van der Waals surface area contributed by atoms with Crippen LogP contribution in [0.5, 0.6) is 11.5 Å². The Morgan fingerprint density at radius 1 is 1.16 bits per heavy atom. The highest BCUT2D eigenvalue weighted by molar-refractivity contribution is 5.95. The third kappa shape index (κ3) is 3.17. The van der Waals surface area contributed by atoms with E-state index < -0.39 is 0 Å². The van der Waals surface area contributed by atoms with Gasteiger partial charge in [-0.1, -0.05) is 0 Å². The minimum atomic E-state index is 0.0460. The van der Waals surface area contributed by atoms with E-state index in [-0.39, 0.29) is 5.91 Å². The van der Waals surface area contributed by atoms with Crippen molar-refractivity contribution in [2.45, 2.75) is 6.42 Å². The van der Waals surface area contributed by atoms with Crippen LogP contribution in [0.1, 0.15) is 16.8 Å². The topological polar surface area (TPSA) is 50.8 Å². The Morgan fingerprint density at radius 3 is 2.68 bits per heavy atom. The van der Waals surface area contributed by atoms with E-state index in [1.165, 1.54) is 0 Å². The molecule has 1 saturated heterocycles. The number of amides is 1. The summed E-state index contributed by atoms with van der Waals surface area (Å²) >= 11 is 0. The van der Waals surface area contributed by atoms with E-state index in [9.17, 15) is 4.79 Å². The van der Waals surface area contributed by atoms with Crippen LogP contribution in [0.15, 0.2) is 18.2 Å². The zero-order chi connectivity index (χ0) is 13.7. The molecule has 1 aromatic rings. The predicted molar refractivity (Wildman–Crippen MR) is 72.9 cm³/mol. The molecule has 0 unspecified atom stereocenters. The van der Waals surface area contributed by atoms with Gasteiger partial charge in [0.2, 0.25) is 0 Å². The number of nitrogens with zero attached hydrogens (tertiary/aromatic N) is 1. The third-order valence-electron chi connectivity index (χ3n) is 3.26. The van der Waals surface area contributed by atoms with E-state index in [0.717, 1.165) is 32.6 Å². The second kappa shape index (κ2) is 6.43. The molecule has 0 aliphatic carbocycles. The molecule has 2 rings (SSSR count). The molecule has 0 atom stereocenters. The molecule has 0 bridgehead atoms. The molecule has 0 radical (unpaired) electrons. The average molecular weight is 264 g/mol. The van der Waals surface area contributed by atoms with Gasteiger partial charge < -0.3 is 19.7 Å². The van der Waals surface area contributed by atoms with E-state index in [4.69, 9.17) is 9.47 Å². The van der Waals surface area contributed by atoms with Crippen molar-refractivity contribution in [3.05, 3.63) is 23.8 Å². The maximum atomic E-state index is 12.4. The van der Waals surface area contributed by atoms with Crippen molar-refractivity contribution in [3.8, 4) is 11.5 Å². The molecule has 1 N–H and O–H groups in total. The number of carbonyl (C=O) groups is 1. The summed E-state index contributed by atoms with van der Waals surface area (Å²) in [5.74, 6) is 1.27. The van der Waals surface area contributed by atoms with Crippen molar-refractivity contribution in [1.29, 1.82) is 0 Å². The van der Waals surface area contributed by atoms with Crippen molar-refractivity contribution in [2.75, 3.05) is 40.4 Å². The molecule has 1 heterocycles. The molecule has 5 heteroatoms. The number of carbonyl (C=O) groups excluding carboxylic acids is 1. The lowest BCUT2D eigenvalue weighted by molar-refractivity contribution is 0.0766. The molecular formula is C14H20N2O3. The fourth-order valence-corrected chi connectivity index (χ4v) is 2.20. The fraction of sp³-hybridized carbons (Fsp3) is 0.500. The van der Waals surface area contributed by atoms with Crippen molar-refractivity contribution in [3.63, 3.8) is 0 Å². The van der Waals surface area contributed by atoms with E-state index in [1.807, 2.05) is 4.90 Å². The number of methoxy groups -OCH3 is 2. The van der Waals surface area contributed by atoms with Crippen LogP contribution in [-0.2, 0) is 0 Å². The Bertz CT molecular complexity index is 440. The molecule has 1 fully saturated rings. The van der Waals surface area contributed by atoms with Crippen LogP contribution < -0.4 is 14.8 Å². The summed E-state index contributed by atoms with van der Waals surface area (Å²) in [5, 5.41) is 3.29. The lowest BCUT2D eigenvalue weighted by Gasteiger charge is -2.20. The van der Waals surface area contributed by atoms with Crippen molar-refractivity contribution < 1.29 is 14.3 Å². The first-order valence-corrected chi connectivity index (χ1v) is 6.48. The van der Waals surface area contributed by atoms with Crippen LogP contribution in [0.25, 0.3) is 0 Å². The normalized spacial score (nSPS) is 15.8. The number of rotatable bonds is 3. The molecule has 0 aromatic heterocycles. The highest BCUT2D eigenvalue weighted by Crippen LogP contribution is 2.28. The standard InChI is InChI=1S/C14H20N2O3/c1-18-12-5-4-11(10-13(12)19-2)14(17)16-8-3-6-15-7-9-16/h4-5,10,15H,3,6-9H2,1-2H3. The number of benzene rings is 1. The van der Waals surface area contributed by atoms with Gasteiger partial charge in [-0.25, -0.2) is 0 Å². The van der Waals surface area contributed by atoms with Crippen molar-refractivity contribution in [1.82, 2.24) is 10.2 Å². The Morgan fingerprint density at radius 2 is 1.95 bits per heavy atom. The zero-order valence-corrected chi connectivity index (χ0v) is 11.4. The Kier molecular flexibility index (Phi) is 4.63. The molecular weight excluding hydrogens is 244 g/mol. The maximum Gasteiger partial charge on any atom is 0.254 e. The van der Waals surface area contributed by atoms with Gasteiger partial charge in [-0.2, -0.15) is 0 Å². The van der Waals surface area contributed by atoms with Gasteiger partial charge in [0.1, 0.15) is 0 Å². The van der Waals surface area contributed by atoms with Gasteiger partial charge in [0.15, 0.2) is 11.5 Å². The predicted octanol–water partition coefficient (Wildman–Crippen LogP) is 1.14. The maximum absolute atomic E-state index is 12.4. The smallest absolute Gasteiger partial charge is 0.254 e. The summed E-state index contributed by atoms with van der Waals surface area (Å²) in [4.78, 5) is 14.3. The lowest BCUT2D eigenvalue weighted by Crippen LogP contribution is -2.34. The molecule has 0 saturated carbocycles. The molecule has 5 nitrogen and oxygen atoms in total. The molecule has 1 amide bonds. The molecule has 1 aliphatic heterocycles. The number of hydrogen-bond acceptors (Lipinski definition) is 4. The van der Waals surface area contributed by atoms with Gasteiger partial charge >= 0.3 is 0 Å². The second-order valence-electron chi connectivity index (χ2n) is 4.47. The summed E-state index contributed by atoms with van der Waals surface area (Å²) < 4.78 is 10.4. The van der Waals surface area contributed by atoms with Gasteiger partial charge in [-0.05, 0) is 31.2 Å². The van der Waals surface area contributed by atoms with Crippen LogP contribution >= 0.6 is 0 Å². The second-order valence-corrected chi connectivity index (χ2v) is 4.47. The first kappa shape index (κ1) is 13.7. The van der Waals surface area contributed by atoms with E-state index in [2.05, 4.69) is 5.32 Å². The summed E-state index contributed by atoms with van der Waals surface area (Å²) in [6.07, 6.45) is 0.985. The summed E-state index contributed by atoms with van der Waals surface area (Å²) in [7, 11) is 3.15. The Labute approximate surface area is 113 Å². The summed E-state index contributed by atoms with van der Waals surface area (Å²) in [5.41, 5.74) is 0.638. The fourth-order valence-electron chi connectivity index (χ4n) is 2.20. The minimum Gasteiger partial charge on any atom is -0.493 e. The number of hydrogen-bond donors (Lipinski definition) is 1. The largest absolute Gasteiger partial charge is 0.493 e. The number of ether oxygens (including phenoxy) is 2. The van der Waals surface area contributed by atoms with Crippen LogP contribution in [0.2, 0.25) is 0 Å². The first-order valence-electron chi connectivity index (χ1n) is 6.48. The number of nitrogens with one attached hydrogen (secondary N) is 1. The van der Waals surface area contributed by atoms with E-state index >= 15 is 0 Å². The van der Waals surface area contributed by atoms with Crippen molar-refractivity contribution >= 4 is 5.91 Å². The summed E-state index contributed by atoms with van der Waals surface area (Å²) in [6, 6.07) is 5.28. The van der Waals surface area contributed by atoms with E-state index in [1.54, 1.807) is 32.4 Å². The highest BCUT2D eigenvalue weighted by Gasteiger charge is 2.18. The van der Waals surface area contributed by atoms with Crippen LogP contribution in [0.4, 0.5) is 0 Å². The monoisotopic (exact) mass is 264 g/mol. The minimum absolute atomic E-state index is 0.0460. The van der Waals surface area contributed by atoms with Gasteiger partial charge in [-0.3, -0.25) is 4.79 Å². The molecule has 104 valence electrons. The SMILES string of the molecule is COc1ccc(C(=O)N2CCCNCC2)cc1OC. The Balaban J connectivity index is 2.18. The highest BCUT2D eigenvalue weighted by atomic mass is 16.5. The third-order valence-corrected chi connectivity index (χ3v) is 3.26. The molecule has 1 aromatic carbocycles. The average Bonchev–Trinajstić information content (AvgIpc) is 2.74. The molecule has 19 heavy (non-hydrogen) atoms. The molecule has 1 aliphatic rings. The van der Waals surface area contributed by atoms with Crippen LogP contribution in [0.3, 0.4) is 0 Å².